The van der Waals surface area contributed by atoms with Crippen molar-refractivity contribution in [2.75, 3.05) is 6.54 Å². The molecule has 37 heavy (non-hydrogen) atoms. The Kier molecular flexibility index (Phi) is 7.57. The molecule has 2 unspecified atom stereocenters. The second-order valence-electron chi connectivity index (χ2n) is 10.5. The first-order chi connectivity index (χ1) is 17.7. The van der Waals surface area contributed by atoms with Crippen molar-refractivity contribution in [3.8, 4) is 0 Å². The van der Waals surface area contributed by atoms with Gasteiger partial charge < -0.3 is 5.11 Å². The molecule has 2 aromatic heterocycles. The van der Waals surface area contributed by atoms with E-state index in [9.17, 15) is 4.79 Å². The number of carboxylic acid groups (broad SMARTS) is 1. The van der Waals surface area contributed by atoms with E-state index in [4.69, 9.17) is 43.4 Å². The van der Waals surface area contributed by atoms with Crippen molar-refractivity contribution in [3.05, 3.63) is 57.5 Å². The molecule has 196 valence electrons. The summed E-state index contributed by atoms with van der Waals surface area (Å²) in [5, 5.41) is 15.1. The summed E-state index contributed by atoms with van der Waals surface area (Å²) in [5.74, 6) is -0.261. The summed E-state index contributed by atoms with van der Waals surface area (Å²) >= 11 is 12.6. The zero-order chi connectivity index (χ0) is 26.3. The molecule has 0 amide bonds. The third-order valence-corrected chi connectivity index (χ3v) is 8.59. The van der Waals surface area contributed by atoms with E-state index < -0.39 is 5.97 Å². The predicted octanol–water partition coefficient (Wildman–Crippen LogP) is 6.56. The quantitative estimate of drug-likeness (QED) is 0.364. The molecule has 3 aromatic rings. The summed E-state index contributed by atoms with van der Waals surface area (Å²) in [4.78, 5) is 23.5. The Labute approximate surface area is 227 Å². The first kappa shape index (κ1) is 26.1. The molecule has 1 aliphatic carbocycles. The van der Waals surface area contributed by atoms with Gasteiger partial charge in [0.1, 0.15) is 5.52 Å². The maximum atomic E-state index is 11.1. The molecular formula is C28H33Cl2N5O2. The lowest BCUT2D eigenvalue weighted by atomic mass is 9.83. The molecule has 7 nitrogen and oxygen atoms in total. The third-order valence-electron chi connectivity index (χ3n) is 8.02. The Bertz CT molecular complexity index is 1350. The number of nitrogens with zero attached hydrogens (tertiary/aromatic N) is 5. The molecule has 0 saturated carbocycles. The van der Waals surface area contributed by atoms with E-state index in [1.54, 1.807) is 6.07 Å². The number of aryl methyl sites for hydroxylation is 1. The number of likely N-dealkylation sites (tertiary alicyclic amines) is 1. The van der Waals surface area contributed by atoms with Gasteiger partial charge in [0.25, 0.3) is 0 Å². The van der Waals surface area contributed by atoms with Gasteiger partial charge in [0, 0.05) is 28.5 Å². The van der Waals surface area contributed by atoms with Crippen molar-refractivity contribution in [1.82, 2.24) is 24.6 Å². The highest BCUT2D eigenvalue weighted by Gasteiger charge is 2.35. The van der Waals surface area contributed by atoms with Gasteiger partial charge in [-0.1, -0.05) is 42.3 Å². The Morgan fingerprint density at radius 3 is 2.84 bits per heavy atom. The van der Waals surface area contributed by atoms with Crippen LogP contribution in [0.25, 0.3) is 16.7 Å². The highest BCUT2D eigenvalue weighted by atomic mass is 35.5. The number of rotatable bonds is 7. The fourth-order valence-electron chi connectivity index (χ4n) is 6.08. The first-order valence-electron chi connectivity index (χ1n) is 13.1. The lowest BCUT2D eigenvalue weighted by molar-refractivity contribution is -0.137. The molecular weight excluding hydrogens is 509 g/mol. The van der Waals surface area contributed by atoms with Gasteiger partial charge in [-0.15, -0.1) is 0 Å². The van der Waals surface area contributed by atoms with E-state index in [1.165, 1.54) is 5.57 Å². The van der Waals surface area contributed by atoms with Gasteiger partial charge in [0.05, 0.1) is 23.6 Å². The molecule has 1 aromatic carbocycles. The second-order valence-corrected chi connectivity index (χ2v) is 11.3. The van der Waals surface area contributed by atoms with Gasteiger partial charge in [-0.05, 0) is 81.7 Å². The fourth-order valence-corrected chi connectivity index (χ4v) is 6.64. The molecule has 9 heteroatoms. The Morgan fingerprint density at radius 2 is 2.11 bits per heavy atom. The number of carboxylic acids is 1. The number of carbonyl (C=O) groups is 1. The number of fused-ring (bicyclic) bond motifs is 1. The minimum Gasteiger partial charge on any atom is -0.481 e. The molecule has 0 bridgehead atoms. The standard InChI is InChI=1S/C28H33Cl2N5O2/c1-16-13-19(6-10-25(16)34-12-4-5-21(34)8-11-26(36)37)24-15-31-27-17(2)33-35(28(27)32-24)18(3)22-9-7-20(29)14-23(22)30/h6-7,9,14-16,18,21,25H,4-5,8,10-13H2,1-3H3,(H,36,37)/t16-,18?,21?,25+/m1/s1. The van der Waals surface area contributed by atoms with Crippen molar-refractivity contribution in [3.63, 3.8) is 0 Å². The van der Waals surface area contributed by atoms with Crippen LogP contribution >= 0.6 is 23.2 Å². The second kappa shape index (κ2) is 10.7. The van der Waals surface area contributed by atoms with Crippen molar-refractivity contribution in [2.24, 2.45) is 5.92 Å². The van der Waals surface area contributed by atoms with Crippen LogP contribution in [-0.2, 0) is 4.79 Å². The van der Waals surface area contributed by atoms with Crippen molar-refractivity contribution in [2.45, 2.75) is 77.4 Å². The lowest BCUT2D eigenvalue weighted by Gasteiger charge is -2.39. The highest BCUT2D eigenvalue weighted by molar-refractivity contribution is 6.35. The normalized spacial score (nSPS) is 23.4. The van der Waals surface area contributed by atoms with Crippen LogP contribution in [0, 0.1) is 12.8 Å². The van der Waals surface area contributed by atoms with Gasteiger partial charge in [-0.2, -0.15) is 5.10 Å². The van der Waals surface area contributed by atoms with Crippen LogP contribution in [0.4, 0.5) is 0 Å². The topological polar surface area (TPSA) is 84.1 Å². The number of hydrogen-bond donors (Lipinski definition) is 1. The molecule has 1 saturated heterocycles. The summed E-state index contributed by atoms with van der Waals surface area (Å²) in [7, 11) is 0. The SMILES string of the molecule is Cc1nn(C(C)c2ccc(Cl)cc2Cl)c2nc(C3=CC[C@H](N4CCCC4CCC(=O)O)[C@H](C)C3)cnc12. The van der Waals surface area contributed by atoms with Gasteiger partial charge in [-0.3, -0.25) is 9.69 Å². The third kappa shape index (κ3) is 5.27. The van der Waals surface area contributed by atoms with Crippen LogP contribution < -0.4 is 0 Å². The largest absolute Gasteiger partial charge is 0.481 e. The monoisotopic (exact) mass is 541 g/mol. The van der Waals surface area contributed by atoms with Gasteiger partial charge >= 0.3 is 5.97 Å². The van der Waals surface area contributed by atoms with Crippen molar-refractivity contribution >= 4 is 45.9 Å². The zero-order valence-electron chi connectivity index (χ0n) is 21.5. The van der Waals surface area contributed by atoms with E-state index in [0.29, 0.717) is 28.0 Å². The van der Waals surface area contributed by atoms with E-state index in [1.807, 2.05) is 29.9 Å². The van der Waals surface area contributed by atoms with E-state index in [2.05, 4.69) is 24.8 Å². The average molecular weight is 543 g/mol. The highest BCUT2D eigenvalue weighted by Crippen LogP contribution is 2.37. The van der Waals surface area contributed by atoms with E-state index in [-0.39, 0.29) is 12.5 Å². The fraction of sp³-hybridized carbons (Fsp3) is 0.500. The number of allylic oxidation sites excluding steroid dienone is 1. The van der Waals surface area contributed by atoms with Crippen LogP contribution in [-0.4, -0.2) is 54.4 Å². The Morgan fingerprint density at radius 1 is 1.30 bits per heavy atom. The molecule has 4 atom stereocenters. The number of hydrogen-bond acceptors (Lipinski definition) is 5. The van der Waals surface area contributed by atoms with Gasteiger partial charge in [0.2, 0.25) is 0 Å². The summed E-state index contributed by atoms with van der Waals surface area (Å²) in [6.45, 7) is 7.36. The van der Waals surface area contributed by atoms with E-state index in [0.717, 1.165) is 66.8 Å². The summed E-state index contributed by atoms with van der Waals surface area (Å²) < 4.78 is 1.91. The average Bonchev–Trinajstić information content (AvgIpc) is 3.46. The Hall–Kier alpha value is -2.48. The number of benzene rings is 1. The van der Waals surface area contributed by atoms with Gasteiger partial charge in [0.15, 0.2) is 5.65 Å². The van der Waals surface area contributed by atoms with E-state index >= 15 is 0 Å². The molecule has 0 radical (unpaired) electrons. The molecule has 5 rings (SSSR count). The lowest BCUT2D eigenvalue weighted by Crippen LogP contribution is -2.44. The molecule has 1 N–H and O–H groups in total. The molecule has 2 aliphatic rings. The smallest absolute Gasteiger partial charge is 0.303 e. The maximum Gasteiger partial charge on any atom is 0.303 e. The minimum atomic E-state index is -0.707. The van der Waals surface area contributed by atoms with Crippen molar-refractivity contribution < 1.29 is 9.90 Å². The first-order valence-corrected chi connectivity index (χ1v) is 13.8. The number of aromatic nitrogens is 4. The molecule has 1 fully saturated rings. The molecule has 1 aliphatic heterocycles. The molecule has 3 heterocycles. The maximum absolute atomic E-state index is 11.1. The van der Waals surface area contributed by atoms with Crippen LogP contribution in [0.15, 0.2) is 30.5 Å². The zero-order valence-corrected chi connectivity index (χ0v) is 23.0. The van der Waals surface area contributed by atoms with Crippen LogP contribution in [0.2, 0.25) is 10.0 Å². The molecule has 0 spiro atoms. The van der Waals surface area contributed by atoms with Gasteiger partial charge in [-0.25, -0.2) is 14.6 Å². The summed E-state index contributed by atoms with van der Waals surface area (Å²) in [6, 6.07) is 6.19. The number of aliphatic carboxylic acids is 1. The van der Waals surface area contributed by atoms with Crippen LogP contribution in [0.1, 0.15) is 75.4 Å². The van der Waals surface area contributed by atoms with Crippen molar-refractivity contribution in [1.29, 1.82) is 0 Å². The minimum absolute atomic E-state index is 0.132. The number of halogens is 2. The summed E-state index contributed by atoms with van der Waals surface area (Å²) in [5.41, 5.74) is 5.40. The van der Waals surface area contributed by atoms with Crippen LogP contribution in [0.5, 0.6) is 0 Å². The van der Waals surface area contributed by atoms with Crippen LogP contribution in [0.3, 0.4) is 0 Å². The Balaban J connectivity index is 1.41. The predicted molar refractivity (Wildman–Crippen MR) is 147 cm³/mol. The summed E-state index contributed by atoms with van der Waals surface area (Å²) in [6.07, 6.45) is 9.24.